The lowest BCUT2D eigenvalue weighted by atomic mass is 10.1. The topological polar surface area (TPSA) is 120 Å². The number of alkyl carbamates (subject to hydrolysis) is 1. The predicted octanol–water partition coefficient (Wildman–Crippen LogP) is 3.92. The van der Waals surface area contributed by atoms with Gasteiger partial charge < -0.3 is 30.7 Å². The number of halogens is 3. The third-order valence-corrected chi connectivity index (χ3v) is 6.25. The number of carbonyl (C=O) groups excluding carboxylic acids is 3. The predicted molar refractivity (Wildman–Crippen MR) is 151 cm³/mol. The molecule has 0 bridgehead atoms. The van der Waals surface area contributed by atoms with Gasteiger partial charge in [-0.3, -0.25) is 9.59 Å². The van der Waals surface area contributed by atoms with Crippen molar-refractivity contribution >= 4 is 29.3 Å². The third-order valence-electron chi connectivity index (χ3n) is 6.25. The van der Waals surface area contributed by atoms with Gasteiger partial charge >= 0.3 is 12.3 Å². The largest absolute Gasteiger partial charge is 0.445 e. The summed E-state index contributed by atoms with van der Waals surface area (Å²) in [5.41, 5.74) is 1.43. The van der Waals surface area contributed by atoms with Gasteiger partial charge in [-0.25, -0.2) is 4.79 Å². The van der Waals surface area contributed by atoms with Crippen molar-refractivity contribution in [2.24, 2.45) is 0 Å². The molecule has 3 aromatic carbocycles. The summed E-state index contributed by atoms with van der Waals surface area (Å²) in [4.78, 5) is 38.4. The second kappa shape index (κ2) is 14.9. The Kier molecular flexibility index (Phi) is 11.3. The summed E-state index contributed by atoms with van der Waals surface area (Å²) in [6.45, 7) is 1.16. The number of benzene rings is 3. The first-order valence-corrected chi connectivity index (χ1v) is 13.1. The van der Waals surface area contributed by atoms with Gasteiger partial charge in [0.25, 0.3) is 0 Å². The standard InChI is InChI=1S/C30H33F3N4O5/c1-20(36-29(41)42-19-21-9-4-3-5-10-21)28(40)35-18-25(38)17-34-27(39)15-22-11-6-7-14-26(22)37(2)24-13-8-12-23(16-24)30(31,32)33/h3-14,16,20,25,38H,15,17-19H2,1-2H3,(H,34,39)(H,35,40)(H,36,41)/t20-,25?/m0/s1. The van der Waals surface area contributed by atoms with Crippen LogP contribution in [-0.2, 0) is 33.5 Å². The number of nitrogens with zero attached hydrogens (tertiary/aromatic N) is 1. The van der Waals surface area contributed by atoms with Crippen LogP contribution in [0.5, 0.6) is 0 Å². The molecule has 224 valence electrons. The van der Waals surface area contributed by atoms with Crippen LogP contribution in [0.2, 0.25) is 0 Å². The van der Waals surface area contributed by atoms with Crippen LogP contribution >= 0.6 is 0 Å². The Morgan fingerprint density at radius 1 is 0.929 bits per heavy atom. The highest BCUT2D eigenvalue weighted by atomic mass is 19.4. The molecule has 12 heteroatoms. The molecule has 0 saturated carbocycles. The second-order valence-electron chi connectivity index (χ2n) is 9.54. The molecule has 3 amide bonds. The van der Waals surface area contributed by atoms with E-state index >= 15 is 0 Å². The van der Waals surface area contributed by atoms with Gasteiger partial charge in [0.1, 0.15) is 12.6 Å². The Hall–Kier alpha value is -4.58. The van der Waals surface area contributed by atoms with Crippen LogP contribution in [-0.4, -0.2) is 55.3 Å². The van der Waals surface area contributed by atoms with Gasteiger partial charge in [-0.05, 0) is 42.3 Å². The number of para-hydroxylation sites is 1. The van der Waals surface area contributed by atoms with Crippen LogP contribution in [0.1, 0.15) is 23.6 Å². The highest BCUT2D eigenvalue weighted by Gasteiger charge is 2.30. The van der Waals surface area contributed by atoms with Crippen molar-refractivity contribution in [3.63, 3.8) is 0 Å². The first-order chi connectivity index (χ1) is 19.9. The van der Waals surface area contributed by atoms with Crippen molar-refractivity contribution < 1.29 is 37.4 Å². The van der Waals surface area contributed by atoms with Gasteiger partial charge in [0, 0.05) is 31.5 Å². The molecule has 0 spiro atoms. The Morgan fingerprint density at radius 3 is 2.31 bits per heavy atom. The number of aliphatic hydroxyl groups excluding tert-OH is 1. The van der Waals surface area contributed by atoms with Gasteiger partial charge in [-0.1, -0.05) is 54.6 Å². The lowest BCUT2D eigenvalue weighted by Gasteiger charge is -2.23. The molecule has 3 rings (SSSR count). The zero-order chi connectivity index (χ0) is 30.7. The number of hydrogen-bond acceptors (Lipinski definition) is 6. The first kappa shape index (κ1) is 31.9. The fourth-order valence-electron chi connectivity index (χ4n) is 3.94. The van der Waals surface area contributed by atoms with E-state index in [0.29, 0.717) is 16.9 Å². The van der Waals surface area contributed by atoms with E-state index in [0.717, 1.165) is 17.7 Å². The van der Waals surface area contributed by atoms with E-state index in [1.54, 1.807) is 54.4 Å². The minimum Gasteiger partial charge on any atom is -0.445 e. The molecule has 0 radical (unpaired) electrons. The van der Waals surface area contributed by atoms with E-state index in [-0.39, 0.29) is 26.1 Å². The van der Waals surface area contributed by atoms with Crippen LogP contribution in [0.3, 0.4) is 0 Å². The number of anilines is 2. The monoisotopic (exact) mass is 586 g/mol. The highest BCUT2D eigenvalue weighted by molar-refractivity contribution is 5.85. The Bertz CT molecular complexity index is 1350. The number of amides is 3. The Morgan fingerprint density at radius 2 is 1.60 bits per heavy atom. The zero-order valence-corrected chi connectivity index (χ0v) is 23.1. The van der Waals surface area contributed by atoms with Crippen molar-refractivity contribution in [2.45, 2.75) is 38.3 Å². The number of alkyl halides is 3. The van der Waals surface area contributed by atoms with Crippen molar-refractivity contribution in [3.05, 3.63) is 95.6 Å². The lowest BCUT2D eigenvalue weighted by Crippen LogP contribution is -2.48. The van der Waals surface area contributed by atoms with E-state index in [4.69, 9.17) is 4.74 Å². The summed E-state index contributed by atoms with van der Waals surface area (Å²) in [6.07, 6.45) is -6.46. The molecule has 42 heavy (non-hydrogen) atoms. The third kappa shape index (κ3) is 9.81. The highest BCUT2D eigenvalue weighted by Crippen LogP contribution is 2.34. The maximum Gasteiger partial charge on any atom is 0.416 e. The molecule has 0 aliphatic rings. The van der Waals surface area contributed by atoms with Gasteiger partial charge in [-0.15, -0.1) is 0 Å². The fraction of sp³-hybridized carbons (Fsp3) is 0.300. The van der Waals surface area contributed by atoms with E-state index in [1.807, 2.05) is 18.2 Å². The minimum absolute atomic E-state index is 0.0471. The molecule has 0 heterocycles. The van der Waals surface area contributed by atoms with Crippen molar-refractivity contribution in [1.29, 1.82) is 0 Å². The number of rotatable bonds is 12. The number of hydrogen-bond donors (Lipinski definition) is 4. The van der Waals surface area contributed by atoms with Gasteiger partial charge in [0.15, 0.2) is 0 Å². The van der Waals surface area contributed by atoms with Crippen molar-refractivity contribution in [3.8, 4) is 0 Å². The number of aliphatic hydroxyl groups is 1. The van der Waals surface area contributed by atoms with Crippen LogP contribution in [0.4, 0.5) is 29.3 Å². The molecule has 0 aliphatic heterocycles. The van der Waals surface area contributed by atoms with E-state index in [1.165, 1.54) is 13.0 Å². The van der Waals surface area contributed by atoms with E-state index in [2.05, 4.69) is 16.0 Å². The molecule has 9 nitrogen and oxygen atoms in total. The van der Waals surface area contributed by atoms with Crippen molar-refractivity contribution in [2.75, 3.05) is 25.0 Å². The normalized spacial score (nSPS) is 12.5. The molecule has 0 aromatic heterocycles. The maximum atomic E-state index is 13.2. The van der Waals surface area contributed by atoms with Crippen LogP contribution in [0.15, 0.2) is 78.9 Å². The molecule has 0 fully saturated rings. The summed E-state index contributed by atoms with van der Waals surface area (Å²) in [7, 11) is 1.61. The van der Waals surface area contributed by atoms with Gasteiger partial charge in [-0.2, -0.15) is 13.2 Å². The molecule has 3 aromatic rings. The van der Waals surface area contributed by atoms with Crippen LogP contribution < -0.4 is 20.9 Å². The average Bonchev–Trinajstić information content (AvgIpc) is 2.97. The lowest BCUT2D eigenvalue weighted by molar-refractivity contribution is -0.137. The fourth-order valence-corrected chi connectivity index (χ4v) is 3.94. The Balaban J connectivity index is 1.44. The molecule has 1 unspecified atom stereocenters. The average molecular weight is 587 g/mol. The van der Waals surface area contributed by atoms with Crippen LogP contribution in [0, 0.1) is 0 Å². The van der Waals surface area contributed by atoms with E-state index in [9.17, 15) is 32.7 Å². The zero-order valence-electron chi connectivity index (χ0n) is 23.1. The summed E-state index contributed by atoms with van der Waals surface area (Å²) in [5.74, 6) is -0.981. The number of carbonyl (C=O) groups is 3. The van der Waals surface area contributed by atoms with Crippen molar-refractivity contribution in [1.82, 2.24) is 16.0 Å². The summed E-state index contributed by atoms with van der Waals surface area (Å²) < 4.78 is 44.6. The summed E-state index contributed by atoms with van der Waals surface area (Å²) >= 11 is 0. The molecule has 0 saturated heterocycles. The minimum atomic E-state index is -4.49. The molecule has 0 aliphatic carbocycles. The maximum absolute atomic E-state index is 13.2. The number of ether oxygens (including phenoxy) is 1. The van der Waals surface area contributed by atoms with Crippen LogP contribution in [0.25, 0.3) is 0 Å². The van der Waals surface area contributed by atoms with Gasteiger partial charge in [0.05, 0.1) is 18.1 Å². The quantitative estimate of drug-likeness (QED) is 0.256. The number of nitrogens with one attached hydrogen (secondary N) is 3. The van der Waals surface area contributed by atoms with E-state index < -0.39 is 41.8 Å². The summed E-state index contributed by atoms with van der Waals surface area (Å²) in [6, 6.07) is 19.8. The molecule has 2 atom stereocenters. The second-order valence-corrected chi connectivity index (χ2v) is 9.54. The summed E-state index contributed by atoms with van der Waals surface area (Å²) in [5, 5.41) is 17.7. The smallest absolute Gasteiger partial charge is 0.416 e. The Labute approximate surface area is 241 Å². The molecule has 4 N–H and O–H groups in total. The molecular weight excluding hydrogens is 553 g/mol. The van der Waals surface area contributed by atoms with Gasteiger partial charge in [0.2, 0.25) is 11.8 Å². The molecular formula is C30H33F3N4O5. The SMILES string of the molecule is C[C@H](NC(=O)OCc1ccccc1)C(=O)NCC(O)CNC(=O)Cc1ccccc1N(C)c1cccc(C(F)(F)F)c1. The first-order valence-electron chi connectivity index (χ1n) is 13.1.